The number of pyridine rings is 1. The van der Waals surface area contributed by atoms with Crippen molar-refractivity contribution in [3.05, 3.63) is 54.4 Å². The van der Waals surface area contributed by atoms with Crippen LogP contribution >= 0.6 is 0 Å². The SMILES string of the molecule is CO[C@@H]1CCCN(c2ccc(NC(=O)c3ccncc3)cc2)C1. The van der Waals surface area contributed by atoms with E-state index in [-0.39, 0.29) is 5.91 Å². The molecule has 1 aliphatic rings. The van der Waals surface area contributed by atoms with Gasteiger partial charge in [0.1, 0.15) is 0 Å². The number of methoxy groups -OCH3 is 1. The highest BCUT2D eigenvalue weighted by Gasteiger charge is 2.19. The molecule has 3 rings (SSSR count). The van der Waals surface area contributed by atoms with Crippen molar-refractivity contribution in [2.24, 2.45) is 0 Å². The van der Waals surface area contributed by atoms with E-state index in [0.29, 0.717) is 11.7 Å². The number of ether oxygens (including phenoxy) is 1. The minimum Gasteiger partial charge on any atom is -0.380 e. The van der Waals surface area contributed by atoms with Gasteiger partial charge in [-0.1, -0.05) is 0 Å². The van der Waals surface area contributed by atoms with Crippen molar-refractivity contribution in [2.75, 3.05) is 30.4 Å². The summed E-state index contributed by atoms with van der Waals surface area (Å²) in [7, 11) is 1.77. The zero-order chi connectivity index (χ0) is 16.1. The van der Waals surface area contributed by atoms with Gasteiger partial charge in [0.2, 0.25) is 0 Å². The number of carbonyl (C=O) groups excluding carboxylic acids is 1. The van der Waals surface area contributed by atoms with E-state index >= 15 is 0 Å². The average molecular weight is 311 g/mol. The molecule has 120 valence electrons. The van der Waals surface area contributed by atoms with Gasteiger partial charge in [0.05, 0.1) is 6.10 Å². The molecule has 0 bridgehead atoms. The topological polar surface area (TPSA) is 54.5 Å². The number of aromatic nitrogens is 1. The molecule has 0 spiro atoms. The van der Waals surface area contributed by atoms with Gasteiger partial charge in [0.15, 0.2) is 0 Å². The first-order valence-corrected chi connectivity index (χ1v) is 7.85. The zero-order valence-electron chi connectivity index (χ0n) is 13.2. The van der Waals surface area contributed by atoms with Crippen molar-refractivity contribution >= 4 is 17.3 Å². The standard InChI is InChI=1S/C18H21N3O2/c1-23-17-3-2-12-21(13-17)16-6-4-15(5-7-16)20-18(22)14-8-10-19-11-9-14/h4-11,17H,2-3,12-13H2,1H3,(H,20,22)/t17-/m1/s1. The average Bonchev–Trinajstić information content (AvgIpc) is 2.63. The lowest BCUT2D eigenvalue weighted by Crippen LogP contribution is -2.39. The van der Waals surface area contributed by atoms with Crippen LogP contribution in [0.15, 0.2) is 48.8 Å². The molecule has 2 aromatic rings. The van der Waals surface area contributed by atoms with Crippen molar-refractivity contribution in [3.8, 4) is 0 Å². The Morgan fingerprint density at radius 3 is 2.65 bits per heavy atom. The van der Waals surface area contributed by atoms with Gasteiger partial charge in [-0.05, 0) is 49.2 Å². The number of rotatable bonds is 4. The lowest BCUT2D eigenvalue weighted by atomic mass is 10.1. The molecule has 0 aliphatic carbocycles. The highest BCUT2D eigenvalue weighted by Crippen LogP contribution is 2.23. The third kappa shape index (κ3) is 3.87. The number of piperidine rings is 1. The first kappa shape index (κ1) is 15.5. The summed E-state index contributed by atoms with van der Waals surface area (Å²) in [5, 5.41) is 2.90. The highest BCUT2D eigenvalue weighted by atomic mass is 16.5. The summed E-state index contributed by atoms with van der Waals surface area (Å²) in [5.74, 6) is -0.127. The van der Waals surface area contributed by atoms with E-state index in [2.05, 4.69) is 15.2 Å². The third-order valence-electron chi connectivity index (χ3n) is 4.14. The van der Waals surface area contributed by atoms with Crippen molar-refractivity contribution in [2.45, 2.75) is 18.9 Å². The van der Waals surface area contributed by atoms with E-state index < -0.39 is 0 Å². The Bertz CT molecular complexity index is 643. The molecule has 1 fully saturated rings. The van der Waals surface area contributed by atoms with Crippen molar-refractivity contribution in [1.82, 2.24) is 4.98 Å². The molecule has 0 unspecified atom stereocenters. The van der Waals surface area contributed by atoms with Crippen LogP contribution in [0.5, 0.6) is 0 Å². The van der Waals surface area contributed by atoms with Gasteiger partial charge in [-0.15, -0.1) is 0 Å². The molecule has 1 aromatic carbocycles. The summed E-state index contributed by atoms with van der Waals surface area (Å²) in [5.41, 5.74) is 2.55. The summed E-state index contributed by atoms with van der Waals surface area (Å²) in [6, 6.07) is 11.3. The Labute approximate surface area is 136 Å². The van der Waals surface area contributed by atoms with Crippen LogP contribution in [0.2, 0.25) is 0 Å². The number of hydrogen-bond acceptors (Lipinski definition) is 4. The lowest BCUT2D eigenvalue weighted by Gasteiger charge is -2.33. The highest BCUT2D eigenvalue weighted by molar-refractivity contribution is 6.04. The number of benzene rings is 1. The van der Waals surface area contributed by atoms with E-state index in [1.54, 1.807) is 31.6 Å². The minimum atomic E-state index is -0.127. The van der Waals surface area contributed by atoms with Crippen molar-refractivity contribution in [1.29, 1.82) is 0 Å². The number of anilines is 2. The lowest BCUT2D eigenvalue weighted by molar-refractivity contribution is 0.0893. The Morgan fingerprint density at radius 1 is 1.22 bits per heavy atom. The number of nitrogens with zero attached hydrogens (tertiary/aromatic N) is 2. The second-order valence-corrected chi connectivity index (χ2v) is 5.68. The fourth-order valence-electron chi connectivity index (χ4n) is 2.83. The van der Waals surface area contributed by atoms with Crippen molar-refractivity contribution < 1.29 is 9.53 Å². The predicted octanol–water partition coefficient (Wildman–Crippen LogP) is 2.95. The van der Waals surface area contributed by atoms with Crippen LogP contribution in [0.1, 0.15) is 23.2 Å². The molecule has 23 heavy (non-hydrogen) atoms. The van der Waals surface area contributed by atoms with Gasteiger partial charge in [0.25, 0.3) is 5.91 Å². The summed E-state index contributed by atoms with van der Waals surface area (Å²) in [6.07, 6.45) is 5.78. The molecule has 1 aliphatic heterocycles. The minimum absolute atomic E-state index is 0.127. The molecule has 1 amide bonds. The molecule has 0 saturated carbocycles. The third-order valence-corrected chi connectivity index (χ3v) is 4.14. The number of nitrogens with one attached hydrogen (secondary N) is 1. The maximum Gasteiger partial charge on any atom is 0.255 e. The molecule has 1 aromatic heterocycles. The van der Waals surface area contributed by atoms with Crippen LogP contribution in [0.4, 0.5) is 11.4 Å². The van der Waals surface area contributed by atoms with Crippen LogP contribution < -0.4 is 10.2 Å². The second kappa shape index (κ2) is 7.24. The monoisotopic (exact) mass is 311 g/mol. The summed E-state index contributed by atoms with van der Waals surface area (Å²) < 4.78 is 5.46. The molecule has 1 saturated heterocycles. The van der Waals surface area contributed by atoms with Crippen LogP contribution in [-0.2, 0) is 4.74 Å². The Morgan fingerprint density at radius 2 is 1.96 bits per heavy atom. The Hall–Kier alpha value is -2.40. The normalized spacial score (nSPS) is 17.8. The van der Waals surface area contributed by atoms with Gasteiger partial charge in [0, 0.05) is 49.5 Å². The smallest absolute Gasteiger partial charge is 0.255 e. The van der Waals surface area contributed by atoms with Gasteiger partial charge in [-0.2, -0.15) is 0 Å². The maximum absolute atomic E-state index is 12.1. The summed E-state index contributed by atoms with van der Waals surface area (Å²) in [6.45, 7) is 1.96. The van der Waals surface area contributed by atoms with Gasteiger partial charge in [-0.25, -0.2) is 0 Å². The van der Waals surface area contributed by atoms with Crippen LogP contribution in [0.3, 0.4) is 0 Å². The maximum atomic E-state index is 12.1. The van der Waals surface area contributed by atoms with Gasteiger partial charge in [-0.3, -0.25) is 9.78 Å². The molecule has 5 heteroatoms. The molecule has 5 nitrogen and oxygen atoms in total. The summed E-state index contributed by atoms with van der Waals surface area (Å²) >= 11 is 0. The van der Waals surface area contributed by atoms with Crippen molar-refractivity contribution in [3.63, 3.8) is 0 Å². The largest absolute Gasteiger partial charge is 0.380 e. The van der Waals surface area contributed by atoms with Crippen LogP contribution in [0.25, 0.3) is 0 Å². The first-order valence-electron chi connectivity index (χ1n) is 7.85. The summed E-state index contributed by atoms with van der Waals surface area (Å²) in [4.78, 5) is 18.4. The molecular formula is C18H21N3O2. The second-order valence-electron chi connectivity index (χ2n) is 5.68. The fraction of sp³-hybridized carbons (Fsp3) is 0.333. The van der Waals surface area contributed by atoms with E-state index in [0.717, 1.165) is 37.3 Å². The van der Waals surface area contributed by atoms with E-state index in [1.165, 1.54) is 0 Å². The molecule has 0 radical (unpaired) electrons. The molecule has 1 N–H and O–H groups in total. The number of carbonyl (C=O) groups is 1. The molecular weight excluding hydrogens is 290 g/mol. The Balaban J connectivity index is 1.64. The Kier molecular flexibility index (Phi) is 4.88. The first-order chi connectivity index (χ1) is 11.3. The number of amides is 1. The van der Waals surface area contributed by atoms with Gasteiger partial charge >= 0.3 is 0 Å². The van der Waals surface area contributed by atoms with E-state index in [9.17, 15) is 4.79 Å². The molecule has 2 heterocycles. The van der Waals surface area contributed by atoms with Crippen LogP contribution in [-0.4, -0.2) is 37.2 Å². The van der Waals surface area contributed by atoms with Gasteiger partial charge < -0.3 is 15.0 Å². The quantitative estimate of drug-likeness (QED) is 0.943. The van der Waals surface area contributed by atoms with Crippen LogP contribution in [0, 0.1) is 0 Å². The zero-order valence-corrected chi connectivity index (χ0v) is 13.2. The number of hydrogen-bond donors (Lipinski definition) is 1. The van der Waals surface area contributed by atoms with E-state index in [1.807, 2.05) is 24.3 Å². The fourth-order valence-corrected chi connectivity index (χ4v) is 2.83. The predicted molar refractivity (Wildman–Crippen MR) is 90.9 cm³/mol. The molecule has 1 atom stereocenters. The van der Waals surface area contributed by atoms with E-state index in [4.69, 9.17) is 4.74 Å².